The lowest BCUT2D eigenvalue weighted by Gasteiger charge is -2.16. The first kappa shape index (κ1) is 12.8. The quantitative estimate of drug-likeness (QED) is 0.749. The van der Waals surface area contributed by atoms with Gasteiger partial charge in [0.1, 0.15) is 17.8 Å². The zero-order valence-corrected chi connectivity index (χ0v) is 10.0. The van der Waals surface area contributed by atoms with Crippen LogP contribution in [-0.2, 0) is 9.84 Å². The number of sulfone groups is 1. The Labute approximate surface area is 103 Å². The second-order valence-corrected chi connectivity index (χ2v) is 6.13. The highest BCUT2D eigenvalue weighted by Gasteiger charge is 2.38. The molecule has 1 aromatic heterocycles. The van der Waals surface area contributed by atoms with E-state index in [1.165, 1.54) is 18.5 Å². The van der Waals surface area contributed by atoms with Crippen LogP contribution in [0.5, 0.6) is 5.75 Å². The molecule has 1 aromatic rings. The Morgan fingerprint density at radius 1 is 1.44 bits per heavy atom. The Balaban J connectivity index is 2.23. The summed E-state index contributed by atoms with van der Waals surface area (Å²) in [7, 11) is -3.34. The normalized spacial score (nSPS) is 25.8. The van der Waals surface area contributed by atoms with Crippen LogP contribution in [0.3, 0.4) is 0 Å². The molecule has 2 heterocycles. The van der Waals surface area contributed by atoms with Crippen LogP contribution >= 0.6 is 0 Å². The molecule has 0 amide bonds. The molecule has 0 saturated carbocycles. The van der Waals surface area contributed by atoms with Gasteiger partial charge in [0.05, 0.1) is 17.7 Å². The van der Waals surface area contributed by atoms with Crippen molar-refractivity contribution < 1.29 is 28.2 Å². The van der Waals surface area contributed by atoms with Crippen LogP contribution in [0.15, 0.2) is 18.5 Å². The van der Waals surface area contributed by atoms with E-state index >= 15 is 0 Å². The Kier molecular flexibility index (Phi) is 3.22. The summed E-state index contributed by atoms with van der Waals surface area (Å²) in [5.74, 6) is -1.96. The van der Waals surface area contributed by atoms with Gasteiger partial charge in [-0.05, 0) is 6.07 Å². The minimum absolute atomic E-state index is 0.0499. The van der Waals surface area contributed by atoms with Gasteiger partial charge in [-0.1, -0.05) is 0 Å². The molecule has 0 bridgehead atoms. The number of hydrogen-bond donors (Lipinski definition) is 2. The van der Waals surface area contributed by atoms with Crippen LogP contribution in [0.1, 0.15) is 10.4 Å². The molecular formula is C10H11NO6S. The van der Waals surface area contributed by atoms with Gasteiger partial charge < -0.3 is 14.9 Å². The van der Waals surface area contributed by atoms with Gasteiger partial charge in [-0.2, -0.15) is 0 Å². The number of nitrogens with zero attached hydrogens (tertiary/aromatic N) is 1. The second kappa shape index (κ2) is 4.54. The molecule has 18 heavy (non-hydrogen) atoms. The van der Waals surface area contributed by atoms with Gasteiger partial charge in [-0.25, -0.2) is 13.2 Å². The maximum Gasteiger partial charge on any atom is 0.339 e. The third-order valence-electron chi connectivity index (χ3n) is 2.57. The number of carboxylic acids is 1. The van der Waals surface area contributed by atoms with E-state index in [2.05, 4.69) is 4.98 Å². The van der Waals surface area contributed by atoms with Crippen molar-refractivity contribution in [3.8, 4) is 5.75 Å². The summed E-state index contributed by atoms with van der Waals surface area (Å²) >= 11 is 0. The lowest BCUT2D eigenvalue weighted by atomic mass is 10.2. The number of aliphatic hydroxyl groups excluding tert-OH is 1. The standard InChI is InChI=1S/C10H11NO6S/c12-7-4-18(15,16)5-9(7)17-8-3-11-2-1-6(8)10(13)14/h1-3,7,9,12H,4-5H2,(H,13,14). The molecule has 0 aliphatic carbocycles. The van der Waals surface area contributed by atoms with Crippen molar-refractivity contribution in [1.82, 2.24) is 4.98 Å². The van der Waals surface area contributed by atoms with Gasteiger partial charge in [0.25, 0.3) is 0 Å². The number of pyridine rings is 1. The number of ether oxygens (including phenoxy) is 1. The SMILES string of the molecule is O=C(O)c1ccncc1OC1CS(=O)(=O)CC1O. The third kappa shape index (κ3) is 2.59. The summed E-state index contributed by atoms with van der Waals surface area (Å²) in [6.07, 6.45) is 0.355. The molecule has 7 nitrogen and oxygen atoms in total. The number of carbonyl (C=O) groups is 1. The second-order valence-electron chi connectivity index (χ2n) is 3.98. The summed E-state index contributed by atoms with van der Waals surface area (Å²) in [6, 6.07) is 1.24. The highest BCUT2D eigenvalue weighted by Crippen LogP contribution is 2.23. The maximum absolute atomic E-state index is 11.3. The average molecular weight is 273 g/mol. The topological polar surface area (TPSA) is 114 Å². The predicted molar refractivity (Wildman–Crippen MR) is 60.3 cm³/mol. The molecule has 0 radical (unpaired) electrons. The minimum Gasteiger partial charge on any atom is -0.484 e. The molecule has 2 N–H and O–H groups in total. The Morgan fingerprint density at radius 2 is 2.17 bits per heavy atom. The number of aromatic carboxylic acids is 1. The first-order chi connectivity index (χ1) is 8.39. The number of rotatable bonds is 3. The first-order valence-electron chi connectivity index (χ1n) is 5.11. The maximum atomic E-state index is 11.3. The first-order valence-corrected chi connectivity index (χ1v) is 6.93. The van der Waals surface area contributed by atoms with E-state index in [-0.39, 0.29) is 22.8 Å². The predicted octanol–water partition coefficient (Wildman–Crippen LogP) is -0.684. The monoisotopic (exact) mass is 273 g/mol. The van der Waals surface area contributed by atoms with E-state index in [4.69, 9.17) is 9.84 Å². The van der Waals surface area contributed by atoms with Crippen LogP contribution in [0.25, 0.3) is 0 Å². The van der Waals surface area contributed by atoms with E-state index in [1.807, 2.05) is 0 Å². The minimum atomic E-state index is -3.34. The molecule has 2 rings (SSSR count). The van der Waals surface area contributed by atoms with Gasteiger partial charge in [-0.3, -0.25) is 4.98 Å². The molecule has 1 aliphatic heterocycles. The summed E-state index contributed by atoms with van der Waals surface area (Å²) < 4.78 is 27.8. The summed E-state index contributed by atoms with van der Waals surface area (Å²) in [6.45, 7) is 0. The third-order valence-corrected chi connectivity index (χ3v) is 4.25. The highest BCUT2D eigenvalue weighted by molar-refractivity contribution is 7.91. The molecule has 0 aromatic carbocycles. The van der Waals surface area contributed by atoms with Crippen molar-refractivity contribution in [2.45, 2.75) is 12.2 Å². The zero-order chi connectivity index (χ0) is 13.3. The van der Waals surface area contributed by atoms with Gasteiger partial charge in [-0.15, -0.1) is 0 Å². The zero-order valence-electron chi connectivity index (χ0n) is 9.18. The Bertz CT molecular complexity index is 569. The average Bonchev–Trinajstić information content (AvgIpc) is 2.52. The van der Waals surface area contributed by atoms with Crippen LogP contribution in [-0.4, -0.2) is 53.3 Å². The fourth-order valence-corrected chi connectivity index (χ4v) is 3.38. The van der Waals surface area contributed by atoms with Crippen molar-refractivity contribution in [2.24, 2.45) is 0 Å². The largest absolute Gasteiger partial charge is 0.484 e. The summed E-state index contributed by atoms with van der Waals surface area (Å²) in [5.41, 5.74) is -0.124. The molecule has 1 fully saturated rings. The van der Waals surface area contributed by atoms with E-state index in [1.54, 1.807) is 0 Å². The van der Waals surface area contributed by atoms with Gasteiger partial charge in [0.2, 0.25) is 0 Å². The van der Waals surface area contributed by atoms with Crippen molar-refractivity contribution in [2.75, 3.05) is 11.5 Å². The van der Waals surface area contributed by atoms with E-state index in [0.717, 1.165) is 0 Å². The molecule has 1 aliphatic rings. The van der Waals surface area contributed by atoms with Crippen LogP contribution in [0.2, 0.25) is 0 Å². The Hall–Kier alpha value is -1.67. The number of aliphatic hydroxyl groups is 1. The van der Waals surface area contributed by atoms with Crippen molar-refractivity contribution in [3.63, 3.8) is 0 Å². The number of hydrogen-bond acceptors (Lipinski definition) is 6. The van der Waals surface area contributed by atoms with Crippen molar-refractivity contribution in [3.05, 3.63) is 24.0 Å². The Morgan fingerprint density at radius 3 is 2.72 bits per heavy atom. The summed E-state index contributed by atoms with van der Waals surface area (Å²) in [5, 5.41) is 18.5. The highest BCUT2D eigenvalue weighted by atomic mass is 32.2. The fraction of sp³-hybridized carbons (Fsp3) is 0.400. The fourth-order valence-electron chi connectivity index (χ4n) is 1.72. The van der Waals surface area contributed by atoms with Crippen LogP contribution in [0.4, 0.5) is 0 Å². The van der Waals surface area contributed by atoms with Gasteiger partial charge in [0.15, 0.2) is 15.6 Å². The number of aromatic nitrogens is 1. The lowest BCUT2D eigenvalue weighted by molar-refractivity contribution is 0.0634. The van der Waals surface area contributed by atoms with E-state index in [9.17, 15) is 18.3 Å². The molecule has 2 unspecified atom stereocenters. The molecule has 0 spiro atoms. The summed E-state index contributed by atoms with van der Waals surface area (Å²) in [4.78, 5) is 14.6. The molecule has 2 atom stereocenters. The van der Waals surface area contributed by atoms with Crippen LogP contribution < -0.4 is 4.74 Å². The molecule has 98 valence electrons. The molecule has 8 heteroatoms. The van der Waals surface area contributed by atoms with Gasteiger partial charge >= 0.3 is 5.97 Å². The number of carboxylic acid groups (broad SMARTS) is 1. The van der Waals surface area contributed by atoms with E-state index in [0.29, 0.717) is 0 Å². The van der Waals surface area contributed by atoms with E-state index < -0.39 is 28.0 Å². The smallest absolute Gasteiger partial charge is 0.339 e. The van der Waals surface area contributed by atoms with Crippen molar-refractivity contribution >= 4 is 15.8 Å². The lowest BCUT2D eigenvalue weighted by Crippen LogP contribution is -2.30. The molecular weight excluding hydrogens is 262 g/mol. The van der Waals surface area contributed by atoms with Gasteiger partial charge in [0, 0.05) is 6.20 Å². The molecule has 1 saturated heterocycles. The van der Waals surface area contributed by atoms with Crippen LogP contribution in [0, 0.1) is 0 Å². The van der Waals surface area contributed by atoms with Crippen molar-refractivity contribution in [1.29, 1.82) is 0 Å².